The van der Waals surface area contributed by atoms with Gasteiger partial charge in [-0.15, -0.1) is 11.3 Å². The molecule has 7 heteroatoms. The van der Waals surface area contributed by atoms with Gasteiger partial charge in [0.05, 0.1) is 11.5 Å². The quantitative estimate of drug-likeness (QED) is 0.830. The summed E-state index contributed by atoms with van der Waals surface area (Å²) >= 11 is 1.28. The first-order valence-electron chi connectivity index (χ1n) is 6.86. The standard InChI is InChI=1S/C13H22N2O3S2/c1-10-9-19-12(8-16)13(10)20(17,18)14-11(2)7-15-5-3-4-6-15/h9,11,14,16H,3-8H2,1-2H3. The molecule has 1 atom stereocenters. The Labute approximate surface area is 124 Å². The van der Waals surface area contributed by atoms with Gasteiger partial charge >= 0.3 is 0 Å². The third-order valence-electron chi connectivity index (χ3n) is 3.49. The Morgan fingerprint density at radius 1 is 1.45 bits per heavy atom. The molecule has 2 heterocycles. The van der Waals surface area contributed by atoms with Crippen LogP contribution in [0.3, 0.4) is 0 Å². The maximum absolute atomic E-state index is 12.4. The molecule has 2 N–H and O–H groups in total. The molecule has 1 saturated heterocycles. The summed E-state index contributed by atoms with van der Waals surface area (Å²) in [5, 5.41) is 11.0. The molecule has 2 rings (SSSR count). The molecule has 1 aromatic heterocycles. The van der Waals surface area contributed by atoms with Crippen LogP contribution >= 0.6 is 11.3 Å². The average molecular weight is 318 g/mol. The lowest BCUT2D eigenvalue weighted by Gasteiger charge is -2.21. The Hall–Kier alpha value is -0.470. The van der Waals surface area contributed by atoms with Crippen molar-refractivity contribution in [2.45, 2.75) is 44.2 Å². The van der Waals surface area contributed by atoms with E-state index in [9.17, 15) is 13.5 Å². The first kappa shape index (κ1) is 15.9. The third-order valence-corrected chi connectivity index (χ3v) is 6.53. The monoisotopic (exact) mass is 318 g/mol. The highest BCUT2D eigenvalue weighted by Gasteiger charge is 2.25. The molecule has 1 unspecified atom stereocenters. The number of sulfonamides is 1. The second-order valence-corrected chi connectivity index (χ2v) is 7.97. The molecule has 0 spiro atoms. The average Bonchev–Trinajstić information content (AvgIpc) is 2.97. The highest BCUT2D eigenvalue weighted by atomic mass is 32.2. The maximum Gasteiger partial charge on any atom is 0.242 e. The number of nitrogens with one attached hydrogen (secondary N) is 1. The molecule has 1 aliphatic heterocycles. The summed E-state index contributed by atoms with van der Waals surface area (Å²) in [6.07, 6.45) is 2.38. The first-order valence-corrected chi connectivity index (χ1v) is 9.23. The van der Waals surface area contributed by atoms with Crippen molar-refractivity contribution in [2.24, 2.45) is 0 Å². The highest BCUT2D eigenvalue weighted by Crippen LogP contribution is 2.26. The molecular weight excluding hydrogens is 296 g/mol. The Bertz CT molecular complexity index is 548. The molecule has 1 aromatic rings. The molecule has 114 valence electrons. The molecule has 0 amide bonds. The van der Waals surface area contributed by atoms with Gasteiger partial charge in [0.1, 0.15) is 4.90 Å². The van der Waals surface area contributed by atoms with E-state index in [0.29, 0.717) is 10.4 Å². The lowest BCUT2D eigenvalue weighted by molar-refractivity contribution is 0.282. The van der Waals surface area contributed by atoms with Gasteiger partial charge in [-0.3, -0.25) is 0 Å². The summed E-state index contributed by atoms with van der Waals surface area (Å²) in [4.78, 5) is 3.03. The lowest BCUT2D eigenvalue weighted by atomic mass is 10.3. The molecule has 0 aromatic carbocycles. The van der Waals surface area contributed by atoms with Crippen LogP contribution in [-0.4, -0.2) is 44.1 Å². The van der Waals surface area contributed by atoms with Gasteiger partial charge in [-0.2, -0.15) is 0 Å². The predicted molar refractivity (Wildman–Crippen MR) is 80.4 cm³/mol. The van der Waals surface area contributed by atoms with Crippen LogP contribution in [0.15, 0.2) is 10.3 Å². The van der Waals surface area contributed by atoms with Crippen molar-refractivity contribution in [3.8, 4) is 0 Å². The molecule has 0 bridgehead atoms. The number of thiophene rings is 1. The van der Waals surface area contributed by atoms with Crippen LogP contribution in [0.5, 0.6) is 0 Å². The molecule has 0 aliphatic carbocycles. The molecule has 1 fully saturated rings. The molecule has 0 saturated carbocycles. The highest BCUT2D eigenvalue weighted by molar-refractivity contribution is 7.89. The van der Waals surface area contributed by atoms with E-state index in [2.05, 4.69) is 9.62 Å². The minimum Gasteiger partial charge on any atom is -0.391 e. The normalized spacial score (nSPS) is 18.6. The van der Waals surface area contributed by atoms with Gasteiger partial charge in [-0.05, 0) is 50.7 Å². The first-order chi connectivity index (χ1) is 9.44. The summed E-state index contributed by atoms with van der Waals surface area (Å²) < 4.78 is 27.6. The van der Waals surface area contributed by atoms with Crippen LogP contribution < -0.4 is 4.72 Å². The minimum absolute atomic E-state index is 0.135. The van der Waals surface area contributed by atoms with Gasteiger partial charge in [-0.1, -0.05) is 0 Å². The summed E-state index contributed by atoms with van der Waals surface area (Å²) in [6.45, 7) is 6.23. The Balaban J connectivity index is 2.08. The zero-order valence-electron chi connectivity index (χ0n) is 11.9. The SMILES string of the molecule is Cc1csc(CO)c1S(=O)(=O)NC(C)CN1CCCC1. The molecular formula is C13H22N2O3S2. The van der Waals surface area contributed by atoms with E-state index in [0.717, 1.165) is 19.6 Å². The van der Waals surface area contributed by atoms with E-state index in [4.69, 9.17) is 0 Å². The van der Waals surface area contributed by atoms with Crippen molar-refractivity contribution < 1.29 is 13.5 Å². The van der Waals surface area contributed by atoms with E-state index in [-0.39, 0.29) is 17.5 Å². The fourth-order valence-corrected chi connectivity index (χ4v) is 5.57. The molecule has 0 radical (unpaired) electrons. The van der Waals surface area contributed by atoms with Gasteiger partial charge in [0, 0.05) is 12.6 Å². The van der Waals surface area contributed by atoms with E-state index in [1.54, 1.807) is 12.3 Å². The van der Waals surface area contributed by atoms with Crippen LogP contribution in [0.4, 0.5) is 0 Å². The Morgan fingerprint density at radius 3 is 2.70 bits per heavy atom. The maximum atomic E-state index is 12.4. The lowest BCUT2D eigenvalue weighted by Crippen LogP contribution is -2.41. The number of aliphatic hydroxyl groups is 1. The Morgan fingerprint density at radius 2 is 2.10 bits per heavy atom. The van der Waals surface area contributed by atoms with Gasteiger partial charge in [0.25, 0.3) is 0 Å². The van der Waals surface area contributed by atoms with Crippen LogP contribution in [0, 0.1) is 6.92 Å². The number of nitrogens with zero attached hydrogens (tertiary/aromatic N) is 1. The number of aryl methyl sites for hydroxylation is 1. The summed E-state index contributed by atoms with van der Waals surface area (Å²) in [5.74, 6) is 0. The number of aliphatic hydroxyl groups excluding tert-OH is 1. The molecule has 1 aliphatic rings. The Kier molecular flexibility index (Phi) is 5.19. The summed E-state index contributed by atoms with van der Waals surface area (Å²) in [5.41, 5.74) is 0.694. The summed E-state index contributed by atoms with van der Waals surface area (Å²) in [6, 6.07) is -0.135. The van der Waals surface area contributed by atoms with Crippen LogP contribution in [0.2, 0.25) is 0 Å². The van der Waals surface area contributed by atoms with Crippen LogP contribution in [0.25, 0.3) is 0 Å². The van der Waals surface area contributed by atoms with Gasteiger partial charge < -0.3 is 10.0 Å². The van der Waals surface area contributed by atoms with Crippen molar-refractivity contribution in [2.75, 3.05) is 19.6 Å². The number of likely N-dealkylation sites (tertiary alicyclic amines) is 1. The zero-order chi connectivity index (χ0) is 14.8. The van der Waals surface area contributed by atoms with E-state index >= 15 is 0 Å². The largest absolute Gasteiger partial charge is 0.391 e. The molecule has 5 nitrogen and oxygen atoms in total. The number of rotatable bonds is 6. The van der Waals surface area contributed by atoms with E-state index in [1.807, 2.05) is 6.92 Å². The molecule has 20 heavy (non-hydrogen) atoms. The van der Waals surface area contributed by atoms with Crippen LogP contribution in [-0.2, 0) is 16.6 Å². The van der Waals surface area contributed by atoms with E-state index < -0.39 is 10.0 Å². The third kappa shape index (κ3) is 3.59. The number of hydrogen-bond acceptors (Lipinski definition) is 5. The van der Waals surface area contributed by atoms with Crippen molar-refractivity contribution >= 4 is 21.4 Å². The van der Waals surface area contributed by atoms with E-state index in [1.165, 1.54) is 24.2 Å². The minimum atomic E-state index is -3.56. The number of hydrogen-bond donors (Lipinski definition) is 2. The fraction of sp³-hybridized carbons (Fsp3) is 0.692. The zero-order valence-corrected chi connectivity index (χ0v) is 13.6. The van der Waals surface area contributed by atoms with Crippen molar-refractivity contribution in [1.29, 1.82) is 0 Å². The topological polar surface area (TPSA) is 69.6 Å². The smallest absolute Gasteiger partial charge is 0.242 e. The van der Waals surface area contributed by atoms with Crippen LogP contribution in [0.1, 0.15) is 30.2 Å². The predicted octanol–water partition coefficient (Wildman–Crippen LogP) is 1.31. The van der Waals surface area contributed by atoms with Gasteiger partial charge in [0.15, 0.2) is 0 Å². The second-order valence-electron chi connectivity index (χ2n) is 5.36. The van der Waals surface area contributed by atoms with Crippen molar-refractivity contribution in [3.05, 3.63) is 15.8 Å². The second kappa shape index (κ2) is 6.53. The van der Waals surface area contributed by atoms with Crippen molar-refractivity contribution in [1.82, 2.24) is 9.62 Å². The fourth-order valence-electron chi connectivity index (χ4n) is 2.67. The summed E-state index contributed by atoms with van der Waals surface area (Å²) in [7, 11) is -3.56. The van der Waals surface area contributed by atoms with Gasteiger partial charge in [-0.25, -0.2) is 13.1 Å². The van der Waals surface area contributed by atoms with Crippen molar-refractivity contribution in [3.63, 3.8) is 0 Å². The van der Waals surface area contributed by atoms with Gasteiger partial charge in [0.2, 0.25) is 10.0 Å².